The Bertz CT molecular complexity index is 551. The molecule has 0 heterocycles. The van der Waals surface area contributed by atoms with Gasteiger partial charge in [0.15, 0.2) is 23.4 Å². The normalized spacial score (nSPS) is 11.9. The Morgan fingerprint density at radius 3 is 2.00 bits per heavy atom. The summed E-state index contributed by atoms with van der Waals surface area (Å²) < 4.78 is 20.6. The van der Waals surface area contributed by atoms with Crippen molar-refractivity contribution in [3.05, 3.63) is 23.8 Å². The Morgan fingerprint density at radius 2 is 1.59 bits per heavy atom. The van der Waals surface area contributed by atoms with Crippen molar-refractivity contribution >= 4 is 17.8 Å². The Kier molecular flexibility index (Phi) is 6.44. The number of ketones is 1. The summed E-state index contributed by atoms with van der Waals surface area (Å²) in [6.07, 6.45) is 2.01. The largest absolute Gasteiger partial charge is 0.493 e. The van der Waals surface area contributed by atoms with Crippen LogP contribution in [-0.4, -0.2) is 39.2 Å². The predicted molar refractivity (Wildman–Crippen MR) is 81.4 cm³/mol. The van der Waals surface area contributed by atoms with Gasteiger partial charge in [-0.3, -0.25) is 4.79 Å². The molecule has 0 spiro atoms. The van der Waals surface area contributed by atoms with E-state index in [9.17, 15) is 9.59 Å². The lowest BCUT2D eigenvalue weighted by molar-refractivity contribution is -0.148. The lowest BCUT2D eigenvalue weighted by atomic mass is 10.1. The van der Waals surface area contributed by atoms with Gasteiger partial charge < -0.3 is 18.9 Å². The summed E-state index contributed by atoms with van der Waals surface area (Å²) in [4.78, 5) is 22.7. The van der Waals surface area contributed by atoms with Gasteiger partial charge in [-0.25, -0.2) is 4.79 Å². The van der Waals surface area contributed by atoms with E-state index < -0.39 is 12.1 Å². The van der Waals surface area contributed by atoms with Gasteiger partial charge in [-0.1, -0.05) is 0 Å². The molecule has 1 aromatic carbocycles. The van der Waals surface area contributed by atoms with Crippen LogP contribution in [0.5, 0.6) is 17.2 Å². The number of hydrogen-bond acceptors (Lipinski definition) is 6. The summed E-state index contributed by atoms with van der Waals surface area (Å²) >= 11 is 0. The average Bonchev–Trinajstić information content (AvgIpc) is 2.51. The van der Waals surface area contributed by atoms with Crippen molar-refractivity contribution in [2.45, 2.75) is 20.0 Å². The van der Waals surface area contributed by atoms with Crippen LogP contribution in [0.3, 0.4) is 0 Å². The van der Waals surface area contributed by atoms with Crippen molar-refractivity contribution in [2.75, 3.05) is 21.3 Å². The highest BCUT2D eigenvalue weighted by Crippen LogP contribution is 2.38. The smallest absolute Gasteiger partial charge is 0.331 e. The van der Waals surface area contributed by atoms with Gasteiger partial charge in [0.2, 0.25) is 5.75 Å². The molecule has 120 valence electrons. The third-order valence-electron chi connectivity index (χ3n) is 2.96. The molecule has 0 fully saturated rings. The number of carbonyl (C=O) groups excluding carboxylic acids is 2. The first kappa shape index (κ1) is 17.6. The SMILES string of the molecule is COc1cc(/C=C/C(=O)O[C@@H](C)C(C)=O)cc(OC)c1OC. The van der Waals surface area contributed by atoms with Crippen LogP contribution in [-0.2, 0) is 14.3 Å². The van der Waals surface area contributed by atoms with Crippen LogP contribution in [0.15, 0.2) is 18.2 Å². The molecule has 0 saturated carbocycles. The molecule has 0 bridgehead atoms. The van der Waals surface area contributed by atoms with E-state index in [-0.39, 0.29) is 5.78 Å². The fourth-order valence-corrected chi connectivity index (χ4v) is 1.66. The van der Waals surface area contributed by atoms with Crippen molar-refractivity contribution in [3.8, 4) is 17.2 Å². The number of benzene rings is 1. The van der Waals surface area contributed by atoms with Crippen molar-refractivity contribution in [3.63, 3.8) is 0 Å². The average molecular weight is 308 g/mol. The molecule has 0 aliphatic carbocycles. The Balaban J connectivity index is 2.96. The lowest BCUT2D eigenvalue weighted by Gasteiger charge is -2.12. The van der Waals surface area contributed by atoms with Crippen molar-refractivity contribution in [1.29, 1.82) is 0 Å². The predicted octanol–water partition coefficient (Wildman–Crippen LogP) is 2.25. The molecule has 0 N–H and O–H groups in total. The molecule has 1 aromatic rings. The van der Waals surface area contributed by atoms with Gasteiger partial charge in [0.25, 0.3) is 0 Å². The van der Waals surface area contributed by atoms with Crippen LogP contribution in [0, 0.1) is 0 Å². The maximum absolute atomic E-state index is 11.6. The molecular formula is C16H20O6. The number of methoxy groups -OCH3 is 3. The second-order valence-corrected chi connectivity index (χ2v) is 4.48. The number of carbonyl (C=O) groups is 2. The van der Waals surface area contributed by atoms with Gasteiger partial charge in [-0.15, -0.1) is 0 Å². The minimum atomic E-state index is -0.767. The fraction of sp³-hybridized carbons (Fsp3) is 0.375. The molecule has 22 heavy (non-hydrogen) atoms. The zero-order valence-electron chi connectivity index (χ0n) is 13.3. The van der Waals surface area contributed by atoms with Gasteiger partial charge >= 0.3 is 5.97 Å². The molecule has 0 aliphatic rings. The Hall–Kier alpha value is -2.50. The van der Waals surface area contributed by atoms with Gasteiger partial charge in [-0.2, -0.15) is 0 Å². The number of ether oxygens (including phenoxy) is 4. The highest BCUT2D eigenvalue weighted by atomic mass is 16.5. The van der Waals surface area contributed by atoms with Crippen molar-refractivity contribution < 1.29 is 28.5 Å². The number of hydrogen-bond donors (Lipinski definition) is 0. The quantitative estimate of drug-likeness (QED) is 0.568. The molecule has 0 aromatic heterocycles. The van der Waals surface area contributed by atoms with Gasteiger partial charge in [0, 0.05) is 6.08 Å². The van der Waals surface area contributed by atoms with Crippen molar-refractivity contribution in [2.24, 2.45) is 0 Å². The molecule has 6 heteroatoms. The first-order chi connectivity index (χ1) is 10.4. The Labute approximate surface area is 129 Å². The molecule has 0 radical (unpaired) electrons. The van der Waals surface area contributed by atoms with Gasteiger partial charge in [0.1, 0.15) is 0 Å². The number of Topliss-reactive ketones (excluding diaryl/α,β-unsaturated/α-hetero) is 1. The van der Waals surface area contributed by atoms with E-state index in [2.05, 4.69) is 0 Å². The minimum Gasteiger partial charge on any atom is -0.493 e. The van der Waals surface area contributed by atoms with Crippen LogP contribution in [0.25, 0.3) is 6.08 Å². The highest BCUT2D eigenvalue weighted by molar-refractivity contribution is 5.90. The summed E-state index contributed by atoms with van der Waals surface area (Å²) in [6.45, 7) is 2.88. The van der Waals surface area contributed by atoms with Crippen LogP contribution >= 0.6 is 0 Å². The van der Waals surface area contributed by atoms with Crippen LogP contribution < -0.4 is 14.2 Å². The summed E-state index contributed by atoms with van der Waals surface area (Å²) in [5.41, 5.74) is 0.668. The third-order valence-corrected chi connectivity index (χ3v) is 2.96. The van der Waals surface area contributed by atoms with E-state index in [0.29, 0.717) is 22.8 Å². The van der Waals surface area contributed by atoms with E-state index in [4.69, 9.17) is 18.9 Å². The van der Waals surface area contributed by atoms with Crippen LogP contribution in [0.4, 0.5) is 0 Å². The summed E-state index contributed by atoms with van der Waals surface area (Å²) in [5.74, 6) is 0.611. The highest BCUT2D eigenvalue weighted by Gasteiger charge is 2.13. The summed E-state index contributed by atoms with van der Waals surface area (Å²) in [6, 6.07) is 3.39. The molecule has 6 nitrogen and oxygen atoms in total. The molecule has 0 aliphatic heterocycles. The van der Waals surface area contributed by atoms with Gasteiger partial charge in [0.05, 0.1) is 21.3 Å². The second-order valence-electron chi connectivity index (χ2n) is 4.48. The number of esters is 1. The summed E-state index contributed by atoms with van der Waals surface area (Å²) in [7, 11) is 4.53. The maximum Gasteiger partial charge on any atom is 0.331 e. The maximum atomic E-state index is 11.6. The molecular weight excluding hydrogens is 288 g/mol. The molecule has 1 atom stereocenters. The standard InChI is InChI=1S/C16H20O6/c1-10(17)11(2)22-15(18)7-6-12-8-13(19-3)16(21-5)14(9-12)20-4/h6-9,11H,1-5H3/b7-6+/t11-/m0/s1. The first-order valence-corrected chi connectivity index (χ1v) is 6.62. The lowest BCUT2D eigenvalue weighted by Crippen LogP contribution is -2.20. The van der Waals surface area contributed by atoms with E-state index in [1.54, 1.807) is 18.2 Å². The molecule has 1 rings (SSSR count). The van der Waals surface area contributed by atoms with Crippen LogP contribution in [0.1, 0.15) is 19.4 Å². The van der Waals surface area contributed by atoms with Gasteiger partial charge in [-0.05, 0) is 37.6 Å². The van der Waals surface area contributed by atoms with E-state index >= 15 is 0 Å². The van der Waals surface area contributed by atoms with Crippen LogP contribution in [0.2, 0.25) is 0 Å². The van der Waals surface area contributed by atoms with E-state index in [0.717, 1.165) is 0 Å². The van der Waals surface area contributed by atoms with E-state index in [1.165, 1.54) is 41.3 Å². The third kappa shape index (κ3) is 4.51. The number of rotatable bonds is 7. The Morgan fingerprint density at radius 1 is 1.05 bits per heavy atom. The zero-order valence-corrected chi connectivity index (χ0v) is 13.3. The van der Waals surface area contributed by atoms with E-state index in [1.807, 2.05) is 0 Å². The first-order valence-electron chi connectivity index (χ1n) is 6.62. The monoisotopic (exact) mass is 308 g/mol. The minimum absolute atomic E-state index is 0.213. The van der Waals surface area contributed by atoms with Crippen molar-refractivity contribution in [1.82, 2.24) is 0 Å². The second kappa shape index (κ2) is 8.07. The fourth-order valence-electron chi connectivity index (χ4n) is 1.66. The molecule has 0 amide bonds. The summed E-state index contributed by atoms with van der Waals surface area (Å²) in [5, 5.41) is 0. The molecule has 0 unspecified atom stereocenters. The molecule has 0 saturated heterocycles. The zero-order chi connectivity index (χ0) is 16.7. The topological polar surface area (TPSA) is 71.1 Å².